The molecular weight excluding hydrogens is 406 g/mol. The van der Waals surface area contributed by atoms with E-state index >= 15 is 0 Å². The zero-order valence-corrected chi connectivity index (χ0v) is 18.6. The smallest absolute Gasteiger partial charge is 0.338 e. The maximum atomic E-state index is 13.1. The van der Waals surface area contributed by atoms with E-state index in [1.807, 2.05) is 67.8 Å². The van der Waals surface area contributed by atoms with Crippen LogP contribution in [0.3, 0.4) is 0 Å². The zero-order valence-electron chi connectivity index (χ0n) is 18.6. The number of esters is 1. The van der Waals surface area contributed by atoms with Gasteiger partial charge in [0.25, 0.3) is 0 Å². The summed E-state index contributed by atoms with van der Waals surface area (Å²) in [7, 11) is 0. The molecule has 0 bridgehead atoms. The normalized spacial score (nSPS) is 15.2. The number of nitrogens with one attached hydrogen (secondary N) is 1. The van der Waals surface area contributed by atoms with Gasteiger partial charge in [0.15, 0.2) is 11.5 Å². The minimum Gasteiger partial charge on any atom is -0.490 e. The SMILES string of the molecule is C=CCOC(=O)C1=C(C)Nc2nc3ccccc3n2[C@H]1c1ccc(OCC)c(OCC)c1. The zero-order chi connectivity index (χ0) is 22.7. The summed E-state index contributed by atoms with van der Waals surface area (Å²) >= 11 is 0. The van der Waals surface area contributed by atoms with Gasteiger partial charge in [0.05, 0.1) is 35.9 Å². The Morgan fingerprint density at radius 3 is 2.66 bits per heavy atom. The molecule has 1 N–H and O–H groups in total. The molecule has 1 aliphatic rings. The summed E-state index contributed by atoms with van der Waals surface area (Å²) in [6.07, 6.45) is 1.56. The van der Waals surface area contributed by atoms with Crippen molar-refractivity contribution in [3.05, 3.63) is 72.0 Å². The van der Waals surface area contributed by atoms with Gasteiger partial charge < -0.3 is 19.5 Å². The number of hydrogen-bond donors (Lipinski definition) is 1. The first-order valence-corrected chi connectivity index (χ1v) is 10.7. The van der Waals surface area contributed by atoms with Crippen molar-refractivity contribution >= 4 is 23.0 Å². The summed E-state index contributed by atoms with van der Waals surface area (Å²) in [5, 5.41) is 3.28. The topological polar surface area (TPSA) is 74.6 Å². The van der Waals surface area contributed by atoms with Gasteiger partial charge in [0.2, 0.25) is 5.95 Å². The van der Waals surface area contributed by atoms with Gasteiger partial charge in [-0.05, 0) is 50.6 Å². The standard InChI is InChI=1S/C25H27N3O4/c1-5-14-32-24(29)22-16(4)26-25-27-18-10-8-9-11-19(18)28(25)23(22)17-12-13-20(30-6-2)21(15-17)31-7-3/h5,8-13,15,23H,1,6-7,14H2,2-4H3,(H,26,27)/t23-/m0/s1. The molecule has 2 aromatic carbocycles. The number of imidazole rings is 1. The van der Waals surface area contributed by atoms with E-state index in [0.29, 0.717) is 41.9 Å². The number of aromatic nitrogens is 2. The van der Waals surface area contributed by atoms with Gasteiger partial charge in [0, 0.05) is 5.70 Å². The molecule has 0 radical (unpaired) electrons. The Kier molecular flexibility index (Phi) is 6.16. The predicted molar refractivity (Wildman–Crippen MR) is 124 cm³/mol. The van der Waals surface area contributed by atoms with Crippen LogP contribution in [0.1, 0.15) is 32.4 Å². The largest absolute Gasteiger partial charge is 0.490 e. The average molecular weight is 434 g/mol. The van der Waals surface area contributed by atoms with Gasteiger partial charge in [-0.25, -0.2) is 9.78 Å². The maximum absolute atomic E-state index is 13.1. The van der Waals surface area contributed by atoms with E-state index in [1.54, 1.807) is 6.08 Å². The molecule has 32 heavy (non-hydrogen) atoms. The van der Waals surface area contributed by atoms with E-state index in [9.17, 15) is 4.79 Å². The summed E-state index contributed by atoms with van der Waals surface area (Å²) in [4.78, 5) is 17.9. The van der Waals surface area contributed by atoms with Crippen LogP contribution in [0.2, 0.25) is 0 Å². The number of rotatable bonds is 8. The van der Waals surface area contributed by atoms with Gasteiger partial charge in [-0.3, -0.25) is 4.57 Å². The third-order valence-corrected chi connectivity index (χ3v) is 5.27. The lowest BCUT2D eigenvalue weighted by atomic mass is 9.94. The molecule has 0 amide bonds. The highest BCUT2D eigenvalue weighted by atomic mass is 16.5. The molecule has 166 valence electrons. The van der Waals surface area contributed by atoms with Crippen LogP contribution in [0.25, 0.3) is 11.0 Å². The van der Waals surface area contributed by atoms with Crippen LogP contribution in [0.15, 0.2) is 66.4 Å². The number of carbonyl (C=O) groups excluding carboxylic acids is 1. The molecule has 1 aromatic heterocycles. The molecule has 0 fully saturated rings. The lowest BCUT2D eigenvalue weighted by Crippen LogP contribution is -2.29. The molecule has 0 unspecified atom stereocenters. The van der Waals surface area contributed by atoms with Gasteiger partial charge >= 0.3 is 5.97 Å². The van der Waals surface area contributed by atoms with Crippen molar-refractivity contribution in [1.82, 2.24) is 9.55 Å². The fourth-order valence-electron chi connectivity index (χ4n) is 3.99. The molecule has 1 atom stereocenters. The van der Waals surface area contributed by atoms with Crippen molar-refractivity contribution in [2.75, 3.05) is 25.1 Å². The quantitative estimate of drug-likeness (QED) is 0.404. The van der Waals surface area contributed by atoms with Crippen molar-refractivity contribution in [3.8, 4) is 11.5 Å². The number of benzene rings is 2. The summed E-state index contributed by atoms with van der Waals surface area (Å²) in [6.45, 7) is 10.5. The van der Waals surface area contributed by atoms with Crippen LogP contribution in [-0.2, 0) is 9.53 Å². The number of allylic oxidation sites excluding steroid dienone is 1. The summed E-state index contributed by atoms with van der Waals surface area (Å²) in [5.74, 6) is 1.56. The van der Waals surface area contributed by atoms with Crippen LogP contribution in [0.4, 0.5) is 5.95 Å². The minimum atomic E-state index is -0.453. The Bertz CT molecular complexity index is 1200. The molecule has 0 saturated carbocycles. The first-order valence-electron chi connectivity index (χ1n) is 10.7. The third-order valence-electron chi connectivity index (χ3n) is 5.27. The first-order chi connectivity index (χ1) is 15.6. The molecule has 0 aliphatic carbocycles. The van der Waals surface area contributed by atoms with E-state index in [-0.39, 0.29) is 6.61 Å². The van der Waals surface area contributed by atoms with Crippen molar-refractivity contribution in [1.29, 1.82) is 0 Å². The Labute approximate surface area is 187 Å². The van der Waals surface area contributed by atoms with E-state index < -0.39 is 12.0 Å². The Morgan fingerprint density at radius 2 is 1.91 bits per heavy atom. The highest BCUT2D eigenvalue weighted by Gasteiger charge is 2.35. The van der Waals surface area contributed by atoms with Crippen LogP contribution in [0.5, 0.6) is 11.5 Å². The molecular formula is C25H27N3O4. The van der Waals surface area contributed by atoms with Crippen molar-refractivity contribution < 1.29 is 19.0 Å². The number of anilines is 1. The van der Waals surface area contributed by atoms with E-state index in [2.05, 4.69) is 11.9 Å². The van der Waals surface area contributed by atoms with Crippen molar-refractivity contribution in [3.63, 3.8) is 0 Å². The second-order valence-corrected chi connectivity index (χ2v) is 7.32. The number of fused-ring (bicyclic) bond motifs is 3. The second-order valence-electron chi connectivity index (χ2n) is 7.32. The highest BCUT2D eigenvalue weighted by molar-refractivity contribution is 5.94. The molecule has 2 heterocycles. The molecule has 7 heteroatoms. The molecule has 1 aliphatic heterocycles. The number of hydrogen-bond acceptors (Lipinski definition) is 6. The molecule has 3 aromatic rings. The molecule has 0 spiro atoms. The average Bonchev–Trinajstić information content (AvgIpc) is 3.16. The maximum Gasteiger partial charge on any atom is 0.338 e. The molecule has 4 rings (SSSR count). The van der Waals surface area contributed by atoms with Gasteiger partial charge in [0.1, 0.15) is 6.61 Å². The lowest BCUT2D eigenvalue weighted by Gasteiger charge is -2.30. The van der Waals surface area contributed by atoms with Crippen LogP contribution < -0.4 is 14.8 Å². The Morgan fingerprint density at radius 1 is 1.16 bits per heavy atom. The van der Waals surface area contributed by atoms with E-state index in [4.69, 9.17) is 19.2 Å². The first kappa shape index (κ1) is 21.5. The lowest BCUT2D eigenvalue weighted by molar-refractivity contribution is -0.138. The van der Waals surface area contributed by atoms with Crippen molar-refractivity contribution in [2.45, 2.75) is 26.8 Å². The fraction of sp³-hybridized carbons (Fsp3) is 0.280. The summed E-state index contributed by atoms with van der Waals surface area (Å²) < 4.78 is 19.1. The van der Waals surface area contributed by atoms with Crippen LogP contribution in [-0.4, -0.2) is 35.3 Å². The summed E-state index contributed by atoms with van der Waals surface area (Å²) in [5.41, 5.74) is 3.82. The van der Waals surface area contributed by atoms with Gasteiger partial charge in [-0.1, -0.05) is 30.9 Å². The number of ether oxygens (including phenoxy) is 3. The predicted octanol–water partition coefficient (Wildman–Crippen LogP) is 4.85. The Hall–Kier alpha value is -3.74. The third kappa shape index (κ3) is 3.82. The number of carbonyl (C=O) groups is 1. The number of para-hydroxylation sites is 2. The van der Waals surface area contributed by atoms with Crippen LogP contribution in [0, 0.1) is 0 Å². The highest BCUT2D eigenvalue weighted by Crippen LogP contribution is 2.42. The van der Waals surface area contributed by atoms with Crippen molar-refractivity contribution in [2.24, 2.45) is 0 Å². The van der Waals surface area contributed by atoms with Gasteiger partial charge in [-0.15, -0.1) is 0 Å². The minimum absolute atomic E-state index is 0.132. The van der Waals surface area contributed by atoms with Gasteiger partial charge in [-0.2, -0.15) is 0 Å². The Balaban J connectivity index is 1.92. The second kappa shape index (κ2) is 9.18. The molecule has 7 nitrogen and oxygen atoms in total. The monoisotopic (exact) mass is 433 g/mol. The molecule has 0 saturated heterocycles. The van der Waals surface area contributed by atoms with E-state index in [1.165, 1.54) is 0 Å². The summed E-state index contributed by atoms with van der Waals surface area (Å²) in [6, 6.07) is 13.2. The fourth-order valence-corrected chi connectivity index (χ4v) is 3.99. The van der Waals surface area contributed by atoms with Crippen LogP contribution >= 0.6 is 0 Å². The number of nitrogens with zero attached hydrogens (tertiary/aromatic N) is 2. The van der Waals surface area contributed by atoms with E-state index in [0.717, 1.165) is 16.6 Å².